The van der Waals surface area contributed by atoms with Crippen molar-refractivity contribution in [3.8, 4) is 0 Å². The van der Waals surface area contributed by atoms with Crippen molar-refractivity contribution in [1.29, 1.82) is 0 Å². The summed E-state index contributed by atoms with van der Waals surface area (Å²) >= 11 is 3.94. The summed E-state index contributed by atoms with van der Waals surface area (Å²) in [5.41, 5.74) is 0. The van der Waals surface area contributed by atoms with E-state index in [0.29, 0.717) is 0 Å². The van der Waals surface area contributed by atoms with Gasteiger partial charge in [-0.15, -0.1) is 0 Å². The summed E-state index contributed by atoms with van der Waals surface area (Å²) in [7, 11) is 0. The smallest absolute Gasteiger partial charge is 0.0174 e. The number of halogens is 1. The van der Waals surface area contributed by atoms with E-state index in [0.717, 1.165) is 22.6 Å². The Kier molecular flexibility index (Phi) is 5.19. The minimum absolute atomic E-state index is 0.834. The van der Waals surface area contributed by atoms with Crippen LogP contribution in [-0.4, -0.2) is 4.83 Å². The van der Waals surface area contributed by atoms with Crippen LogP contribution in [0.25, 0.3) is 0 Å². The molecule has 94 valence electrons. The van der Waals surface area contributed by atoms with Gasteiger partial charge in [0.15, 0.2) is 0 Å². The first-order valence-corrected chi connectivity index (χ1v) is 8.35. The van der Waals surface area contributed by atoms with Gasteiger partial charge in [0.1, 0.15) is 0 Å². The van der Waals surface area contributed by atoms with E-state index in [-0.39, 0.29) is 0 Å². The molecule has 0 aromatic heterocycles. The van der Waals surface area contributed by atoms with Gasteiger partial charge < -0.3 is 0 Å². The van der Waals surface area contributed by atoms with Crippen LogP contribution < -0.4 is 0 Å². The Morgan fingerprint density at radius 3 is 2.44 bits per heavy atom. The molecule has 3 unspecified atom stereocenters. The third-order valence-electron chi connectivity index (χ3n) is 4.81. The predicted molar refractivity (Wildman–Crippen MR) is 75.0 cm³/mol. The first-order chi connectivity index (χ1) is 7.79. The molecule has 0 bridgehead atoms. The molecule has 2 aliphatic rings. The number of hydrogen-bond acceptors (Lipinski definition) is 0. The van der Waals surface area contributed by atoms with E-state index in [1.165, 1.54) is 64.2 Å². The van der Waals surface area contributed by atoms with Crippen LogP contribution in [-0.2, 0) is 0 Å². The molecule has 16 heavy (non-hydrogen) atoms. The maximum Gasteiger partial charge on any atom is 0.0174 e. The summed E-state index contributed by atoms with van der Waals surface area (Å²) in [4.78, 5) is 0.834. The molecule has 0 nitrogen and oxygen atoms in total. The summed E-state index contributed by atoms with van der Waals surface area (Å²) in [5, 5.41) is 0. The Bertz CT molecular complexity index is 196. The maximum atomic E-state index is 3.94. The Labute approximate surface area is 110 Å². The molecular formula is C15H27Br. The van der Waals surface area contributed by atoms with Crippen LogP contribution in [0, 0.1) is 17.8 Å². The molecule has 0 aliphatic heterocycles. The van der Waals surface area contributed by atoms with Crippen molar-refractivity contribution in [1.82, 2.24) is 0 Å². The second-order valence-corrected chi connectivity index (χ2v) is 7.31. The highest BCUT2D eigenvalue weighted by molar-refractivity contribution is 9.09. The zero-order chi connectivity index (χ0) is 11.4. The molecule has 2 fully saturated rings. The average Bonchev–Trinajstić information content (AvgIpc) is 2.76. The van der Waals surface area contributed by atoms with Crippen LogP contribution in [0.5, 0.6) is 0 Å². The van der Waals surface area contributed by atoms with E-state index in [2.05, 4.69) is 22.9 Å². The first kappa shape index (κ1) is 12.9. The van der Waals surface area contributed by atoms with Gasteiger partial charge in [-0.25, -0.2) is 0 Å². The summed E-state index contributed by atoms with van der Waals surface area (Å²) in [6, 6.07) is 0. The van der Waals surface area contributed by atoms with Gasteiger partial charge in [0.2, 0.25) is 0 Å². The molecule has 2 saturated carbocycles. The fourth-order valence-electron chi connectivity index (χ4n) is 3.91. The monoisotopic (exact) mass is 286 g/mol. The molecule has 0 aromatic carbocycles. The molecule has 0 aromatic rings. The highest BCUT2D eigenvalue weighted by atomic mass is 79.9. The lowest BCUT2D eigenvalue weighted by molar-refractivity contribution is 0.228. The molecule has 0 spiro atoms. The normalized spacial score (nSPS) is 36.8. The van der Waals surface area contributed by atoms with E-state index in [1.54, 1.807) is 0 Å². The van der Waals surface area contributed by atoms with Crippen molar-refractivity contribution in [3.63, 3.8) is 0 Å². The van der Waals surface area contributed by atoms with Crippen molar-refractivity contribution in [2.45, 2.75) is 76.0 Å². The van der Waals surface area contributed by atoms with E-state index < -0.39 is 0 Å². The van der Waals surface area contributed by atoms with E-state index in [4.69, 9.17) is 0 Å². The van der Waals surface area contributed by atoms with E-state index in [1.807, 2.05) is 0 Å². The lowest BCUT2D eigenvalue weighted by Gasteiger charge is -2.34. The molecule has 0 amide bonds. The lowest BCUT2D eigenvalue weighted by Crippen LogP contribution is -2.26. The zero-order valence-electron chi connectivity index (χ0n) is 10.8. The first-order valence-electron chi connectivity index (χ1n) is 7.43. The fourth-order valence-corrected chi connectivity index (χ4v) is 4.61. The summed E-state index contributed by atoms with van der Waals surface area (Å²) in [5.74, 6) is 3.11. The van der Waals surface area contributed by atoms with Crippen molar-refractivity contribution in [2.75, 3.05) is 0 Å². The summed E-state index contributed by atoms with van der Waals surface area (Å²) in [6.07, 6.45) is 14.9. The maximum absolute atomic E-state index is 3.94. The molecule has 1 heteroatoms. The molecule has 0 radical (unpaired) electrons. The van der Waals surface area contributed by atoms with Crippen LogP contribution >= 0.6 is 15.9 Å². The van der Waals surface area contributed by atoms with Crippen LogP contribution in [0.1, 0.15) is 71.1 Å². The summed E-state index contributed by atoms with van der Waals surface area (Å²) in [6.45, 7) is 2.34. The molecular weight excluding hydrogens is 260 g/mol. The second kappa shape index (κ2) is 6.42. The summed E-state index contributed by atoms with van der Waals surface area (Å²) < 4.78 is 0. The quantitative estimate of drug-likeness (QED) is 0.595. The Morgan fingerprint density at radius 2 is 1.75 bits per heavy atom. The van der Waals surface area contributed by atoms with Gasteiger partial charge in [0.05, 0.1) is 0 Å². The average molecular weight is 287 g/mol. The van der Waals surface area contributed by atoms with Crippen LogP contribution in [0.15, 0.2) is 0 Å². The second-order valence-electron chi connectivity index (χ2n) is 6.13. The fraction of sp³-hybridized carbons (Fsp3) is 1.00. The highest BCUT2D eigenvalue weighted by Gasteiger charge is 2.30. The van der Waals surface area contributed by atoms with Crippen LogP contribution in [0.2, 0.25) is 0 Å². The largest absolute Gasteiger partial charge is 0.0888 e. The third-order valence-corrected chi connectivity index (χ3v) is 6.01. The zero-order valence-corrected chi connectivity index (χ0v) is 12.3. The number of rotatable bonds is 4. The van der Waals surface area contributed by atoms with E-state index in [9.17, 15) is 0 Å². The number of hydrogen-bond donors (Lipinski definition) is 0. The van der Waals surface area contributed by atoms with Gasteiger partial charge >= 0.3 is 0 Å². The van der Waals surface area contributed by atoms with Crippen molar-refractivity contribution in [3.05, 3.63) is 0 Å². The lowest BCUT2D eigenvalue weighted by atomic mass is 9.75. The topological polar surface area (TPSA) is 0 Å². The van der Waals surface area contributed by atoms with Gasteiger partial charge in [-0.2, -0.15) is 0 Å². The third kappa shape index (κ3) is 3.48. The van der Waals surface area contributed by atoms with Crippen molar-refractivity contribution >= 4 is 15.9 Å². The van der Waals surface area contributed by atoms with Gasteiger partial charge in [-0.3, -0.25) is 0 Å². The molecule has 0 N–H and O–H groups in total. The predicted octanol–water partition coefficient (Wildman–Crippen LogP) is 5.55. The SMILES string of the molecule is CCCC1CCC(Br)C(CC2CCCC2)C1. The Morgan fingerprint density at radius 1 is 1.00 bits per heavy atom. The van der Waals surface area contributed by atoms with E-state index >= 15 is 0 Å². The molecule has 0 saturated heterocycles. The Hall–Kier alpha value is 0.480. The van der Waals surface area contributed by atoms with Gasteiger partial charge in [-0.05, 0) is 43.4 Å². The molecule has 2 rings (SSSR count). The molecule has 0 heterocycles. The van der Waals surface area contributed by atoms with Crippen LogP contribution in [0.3, 0.4) is 0 Å². The minimum Gasteiger partial charge on any atom is -0.0888 e. The Balaban J connectivity index is 1.80. The number of alkyl halides is 1. The van der Waals surface area contributed by atoms with Crippen molar-refractivity contribution < 1.29 is 0 Å². The van der Waals surface area contributed by atoms with Gasteiger partial charge in [0.25, 0.3) is 0 Å². The van der Waals surface area contributed by atoms with Crippen molar-refractivity contribution in [2.24, 2.45) is 17.8 Å². The highest BCUT2D eigenvalue weighted by Crippen LogP contribution is 2.41. The minimum atomic E-state index is 0.834. The standard InChI is InChI=1S/C15H27Br/c1-2-5-12-8-9-15(16)14(10-12)11-13-6-3-4-7-13/h12-15H,2-11H2,1H3. The van der Waals surface area contributed by atoms with Gasteiger partial charge in [-0.1, -0.05) is 61.4 Å². The van der Waals surface area contributed by atoms with Gasteiger partial charge in [0, 0.05) is 4.83 Å². The molecule has 3 atom stereocenters. The molecule has 2 aliphatic carbocycles. The van der Waals surface area contributed by atoms with Crippen LogP contribution in [0.4, 0.5) is 0 Å².